The summed E-state index contributed by atoms with van der Waals surface area (Å²) >= 11 is 0. The Morgan fingerprint density at radius 3 is 2.91 bits per heavy atom. The second-order valence-electron chi connectivity index (χ2n) is 2.70. The van der Waals surface area contributed by atoms with Crippen LogP contribution in [0.25, 0.3) is 0 Å². The number of ketones is 1. The Labute approximate surface area is 66.3 Å². The average molecular weight is 149 g/mol. The lowest BCUT2D eigenvalue weighted by molar-refractivity contribution is -0.116. The van der Waals surface area contributed by atoms with Crippen molar-refractivity contribution in [2.24, 2.45) is 0 Å². The van der Waals surface area contributed by atoms with Crippen molar-refractivity contribution in [2.75, 3.05) is 0 Å². The molecule has 2 heteroatoms. The van der Waals surface area contributed by atoms with Gasteiger partial charge in [0.05, 0.1) is 0 Å². The minimum atomic E-state index is 0.156. The summed E-state index contributed by atoms with van der Waals surface area (Å²) in [4.78, 5) is 14.7. The van der Waals surface area contributed by atoms with Gasteiger partial charge in [0.1, 0.15) is 5.78 Å². The van der Waals surface area contributed by atoms with Crippen LogP contribution in [0.2, 0.25) is 0 Å². The molecule has 0 aliphatic rings. The van der Waals surface area contributed by atoms with Crippen molar-refractivity contribution < 1.29 is 4.79 Å². The van der Waals surface area contributed by atoms with Gasteiger partial charge in [-0.2, -0.15) is 0 Å². The molecule has 0 aromatic carbocycles. The van der Waals surface area contributed by atoms with Crippen molar-refractivity contribution in [3.63, 3.8) is 0 Å². The number of rotatable bonds is 2. The van der Waals surface area contributed by atoms with Gasteiger partial charge in [-0.25, -0.2) is 0 Å². The lowest BCUT2D eigenvalue weighted by atomic mass is 10.2. The first-order chi connectivity index (χ1) is 5.18. The third-order valence-electron chi connectivity index (χ3n) is 1.40. The summed E-state index contributed by atoms with van der Waals surface area (Å²) in [5.74, 6) is 0.156. The zero-order valence-electron chi connectivity index (χ0n) is 6.79. The number of Topliss-reactive ketones (excluding diaryl/α,β-unsaturated/α-hetero) is 1. The van der Waals surface area contributed by atoms with E-state index in [0.29, 0.717) is 6.42 Å². The highest BCUT2D eigenvalue weighted by molar-refractivity contribution is 5.77. The number of hydrogen-bond donors (Lipinski definition) is 0. The summed E-state index contributed by atoms with van der Waals surface area (Å²) in [5.41, 5.74) is 2.01. The van der Waals surface area contributed by atoms with E-state index in [0.717, 1.165) is 11.3 Å². The first-order valence-electron chi connectivity index (χ1n) is 3.59. The van der Waals surface area contributed by atoms with Gasteiger partial charge in [-0.1, -0.05) is 0 Å². The molecule has 0 amide bonds. The monoisotopic (exact) mass is 149 g/mol. The number of carbonyl (C=O) groups is 1. The summed E-state index contributed by atoms with van der Waals surface area (Å²) in [5, 5.41) is 0. The molecular weight excluding hydrogens is 138 g/mol. The van der Waals surface area contributed by atoms with E-state index in [2.05, 4.69) is 4.98 Å². The number of aryl methyl sites for hydroxylation is 1. The number of hydrogen-bond acceptors (Lipinski definition) is 2. The standard InChI is InChI=1S/C9H11NO/c1-7-3-4-10-9(5-7)6-8(2)11/h3-5H,6H2,1-2H3. The fourth-order valence-electron chi connectivity index (χ4n) is 0.950. The molecule has 0 bridgehead atoms. The van der Waals surface area contributed by atoms with Crippen molar-refractivity contribution in [2.45, 2.75) is 20.3 Å². The normalized spacial score (nSPS) is 9.64. The summed E-state index contributed by atoms with van der Waals surface area (Å²) < 4.78 is 0. The summed E-state index contributed by atoms with van der Waals surface area (Å²) in [6.45, 7) is 3.56. The highest BCUT2D eigenvalue weighted by Gasteiger charge is 1.97. The van der Waals surface area contributed by atoms with Gasteiger partial charge in [-0.05, 0) is 31.5 Å². The minimum Gasteiger partial charge on any atom is -0.300 e. The maximum atomic E-state index is 10.7. The minimum absolute atomic E-state index is 0.156. The lowest BCUT2D eigenvalue weighted by Gasteiger charge is -1.96. The van der Waals surface area contributed by atoms with Gasteiger partial charge in [-0.15, -0.1) is 0 Å². The van der Waals surface area contributed by atoms with Crippen LogP contribution in [-0.2, 0) is 11.2 Å². The van der Waals surface area contributed by atoms with Crippen molar-refractivity contribution in [1.82, 2.24) is 4.98 Å². The molecule has 1 heterocycles. The SMILES string of the molecule is CC(=O)Cc1cc(C)ccn1. The molecule has 0 fully saturated rings. The van der Waals surface area contributed by atoms with Crippen LogP contribution < -0.4 is 0 Å². The highest BCUT2D eigenvalue weighted by Crippen LogP contribution is 2.00. The van der Waals surface area contributed by atoms with Gasteiger partial charge in [0.15, 0.2) is 0 Å². The van der Waals surface area contributed by atoms with Crippen LogP contribution in [-0.4, -0.2) is 10.8 Å². The Morgan fingerprint density at radius 1 is 1.64 bits per heavy atom. The topological polar surface area (TPSA) is 30.0 Å². The molecule has 1 aromatic heterocycles. The van der Waals surface area contributed by atoms with Gasteiger partial charge in [0.2, 0.25) is 0 Å². The van der Waals surface area contributed by atoms with Crippen molar-refractivity contribution in [3.8, 4) is 0 Å². The highest BCUT2D eigenvalue weighted by atomic mass is 16.1. The van der Waals surface area contributed by atoms with Crippen LogP contribution in [0, 0.1) is 6.92 Å². The second kappa shape index (κ2) is 3.28. The van der Waals surface area contributed by atoms with Crippen molar-refractivity contribution in [1.29, 1.82) is 0 Å². The first kappa shape index (κ1) is 7.92. The average Bonchev–Trinajstić information content (AvgIpc) is 1.85. The summed E-state index contributed by atoms with van der Waals surface area (Å²) in [7, 11) is 0. The Bertz CT molecular complexity index is 268. The molecular formula is C9H11NO. The molecule has 0 saturated carbocycles. The molecule has 0 radical (unpaired) electrons. The van der Waals surface area contributed by atoms with E-state index < -0.39 is 0 Å². The van der Waals surface area contributed by atoms with Gasteiger partial charge in [0.25, 0.3) is 0 Å². The molecule has 0 atom stereocenters. The predicted octanol–water partition coefficient (Wildman–Crippen LogP) is 1.52. The number of carbonyl (C=O) groups excluding carboxylic acids is 1. The van der Waals surface area contributed by atoms with Crippen LogP contribution in [0.1, 0.15) is 18.2 Å². The van der Waals surface area contributed by atoms with E-state index >= 15 is 0 Å². The lowest BCUT2D eigenvalue weighted by Crippen LogP contribution is -1.98. The van der Waals surface area contributed by atoms with Crippen molar-refractivity contribution >= 4 is 5.78 Å². The molecule has 0 saturated heterocycles. The van der Waals surface area contributed by atoms with Gasteiger partial charge < -0.3 is 0 Å². The van der Waals surface area contributed by atoms with E-state index in [1.807, 2.05) is 19.1 Å². The first-order valence-corrected chi connectivity index (χ1v) is 3.59. The van der Waals surface area contributed by atoms with Crippen molar-refractivity contribution in [3.05, 3.63) is 29.6 Å². The zero-order valence-corrected chi connectivity index (χ0v) is 6.79. The molecule has 0 spiro atoms. The number of aromatic nitrogens is 1. The third kappa shape index (κ3) is 2.50. The molecule has 0 N–H and O–H groups in total. The van der Waals surface area contributed by atoms with E-state index in [4.69, 9.17) is 0 Å². The Hall–Kier alpha value is -1.18. The van der Waals surface area contributed by atoms with Gasteiger partial charge in [-0.3, -0.25) is 9.78 Å². The molecule has 0 aliphatic heterocycles. The van der Waals surface area contributed by atoms with Crippen LogP contribution in [0.3, 0.4) is 0 Å². The predicted molar refractivity (Wildman–Crippen MR) is 43.4 cm³/mol. The quantitative estimate of drug-likeness (QED) is 0.638. The smallest absolute Gasteiger partial charge is 0.135 e. The van der Waals surface area contributed by atoms with E-state index in [1.54, 1.807) is 13.1 Å². The molecule has 0 unspecified atom stereocenters. The second-order valence-corrected chi connectivity index (χ2v) is 2.70. The molecule has 1 rings (SSSR count). The Morgan fingerprint density at radius 2 is 2.36 bits per heavy atom. The maximum absolute atomic E-state index is 10.7. The zero-order chi connectivity index (χ0) is 8.27. The fraction of sp³-hybridized carbons (Fsp3) is 0.333. The summed E-state index contributed by atoms with van der Waals surface area (Å²) in [6, 6.07) is 3.85. The molecule has 1 aromatic rings. The van der Waals surface area contributed by atoms with Crippen LogP contribution in [0.4, 0.5) is 0 Å². The fourth-order valence-corrected chi connectivity index (χ4v) is 0.950. The van der Waals surface area contributed by atoms with Crippen LogP contribution in [0.15, 0.2) is 18.3 Å². The number of pyridine rings is 1. The third-order valence-corrected chi connectivity index (χ3v) is 1.40. The summed E-state index contributed by atoms with van der Waals surface area (Å²) in [6.07, 6.45) is 2.18. The molecule has 2 nitrogen and oxygen atoms in total. The van der Waals surface area contributed by atoms with E-state index in [1.165, 1.54) is 0 Å². The van der Waals surface area contributed by atoms with E-state index in [9.17, 15) is 4.79 Å². The Kier molecular flexibility index (Phi) is 2.36. The molecule has 0 aliphatic carbocycles. The van der Waals surface area contributed by atoms with Crippen LogP contribution in [0.5, 0.6) is 0 Å². The number of nitrogens with zero attached hydrogens (tertiary/aromatic N) is 1. The van der Waals surface area contributed by atoms with E-state index in [-0.39, 0.29) is 5.78 Å². The molecule has 11 heavy (non-hydrogen) atoms. The maximum Gasteiger partial charge on any atom is 0.135 e. The van der Waals surface area contributed by atoms with Gasteiger partial charge in [0, 0.05) is 18.3 Å². The molecule has 58 valence electrons. The van der Waals surface area contributed by atoms with Gasteiger partial charge >= 0.3 is 0 Å². The Balaban J connectivity index is 2.79. The van der Waals surface area contributed by atoms with Crippen LogP contribution >= 0.6 is 0 Å². The largest absolute Gasteiger partial charge is 0.300 e.